The van der Waals surface area contributed by atoms with Crippen LogP contribution in [0.25, 0.3) is 0 Å². The number of hydrogen-bond donors (Lipinski definition) is 1. The fourth-order valence-electron chi connectivity index (χ4n) is 3.32. The van der Waals surface area contributed by atoms with E-state index < -0.39 is 0 Å². The van der Waals surface area contributed by atoms with Crippen molar-refractivity contribution in [2.24, 2.45) is 18.7 Å². The maximum Gasteiger partial charge on any atom is 0.0709 e. The number of nitrogens with two attached hydrogens (primary N) is 1. The van der Waals surface area contributed by atoms with Crippen LogP contribution < -0.4 is 5.73 Å². The van der Waals surface area contributed by atoms with Gasteiger partial charge in [-0.3, -0.25) is 4.68 Å². The van der Waals surface area contributed by atoms with Crippen molar-refractivity contribution in [2.45, 2.75) is 44.2 Å². The highest BCUT2D eigenvalue weighted by atomic mass is 79.9. The van der Waals surface area contributed by atoms with Gasteiger partial charge in [0, 0.05) is 12.6 Å². The quantitative estimate of drug-likeness (QED) is 0.927. The van der Waals surface area contributed by atoms with E-state index in [1.807, 2.05) is 17.9 Å². The normalized spacial score (nSPS) is 29.7. The summed E-state index contributed by atoms with van der Waals surface area (Å²) in [5, 5.41) is 4.31. The van der Waals surface area contributed by atoms with Gasteiger partial charge in [-0.15, -0.1) is 0 Å². The topological polar surface area (TPSA) is 47.1 Å². The molecule has 1 aromatic rings. The molecule has 1 atom stereocenters. The number of aromatic nitrogens is 2. The van der Waals surface area contributed by atoms with Gasteiger partial charge in [0.15, 0.2) is 0 Å². The average molecular weight is 329 g/mol. The van der Waals surface area contributed by atoms with Gasteiger partial charge in [0.1, 0.15) is 0 Å². The molecule has 1 aliphatic carbocycles. The van der Waals surface area contributed by atoms with Gasteiger partial charge in [-0.25, -0.2) is 0 Å². The third-order valence-corrected chi connectivity index (χ3v) is 5.45. The zero-order valence-corrected chi connectivity index (χ0v) is 13.9. The molecule has 108 valence electrons. The van der Waals surface area contributed by atoms with Crippen molar-refractivity contribution in [3.8, 4) is 0 Å². The van der Waals surface area contributed by atoms with E-state index in [-0.39, 0.29) is 11.6 Å². The number of halogens is 1. The minimum absolute atomic E-state index is 0.0168. The lowest BCUT2D eigenvalue weighted by molar-refractivity contribution is 0.0537. The van der Waals surface area contributed by atoms with E-state index in [4.69, 9.17) is 5.73 Å². The summed E-state index contributed by atoms with van der Waals surface area (Å²) in [6, 6.07) is -0.0168. The molecule has 1 fully saturated rings. The van der Waals surface area contributed by atoms with Crippen LogP contribution in [0.5, 0.6) is 0 Å². The third-order valence-electron chi connectivity index (χ3n) is 4.84. The Kier molecular flexibility index (Phi) is 4.38. The van der Waals surface area contributed by atoms with Crippen molar-refractivity contribution in [1.82, 2.24) is 14.7 Å². The summed E-state index contributed by atoms with van der Waals surface area (Å²) in [7, 11) is 6.27. The molecule has 0 bridgehead atoms. The molecule has 2 N–H and O–H groups in total. The van der Waals surface area contributed by atoms with Gasteiger partial charge in [-0.05, 0) is 61.6 Å². The van der Waals surface area contributed by atoms with E-state index >= 15 is 0 Å². The second kappa shape index (κ2) is 5.54. The van der Waals surface area contributed by atoms with Crippen molar-refractivity contribution < 1.29 is 0 Å². The second-order valence-corrected chi connectivity index (χ2v) is 7.01. The van der Waals surface area contributed by atoms with Gasteiger partial charge in [-0.1, -0.05) is 6.92 Å². The molecule has 0 spiro atoms. The van der Waals surface area contributed by atoms with Crippen LogP contribution in [0, 0.1) is 5.92 Å². The maximum atomic E-state index is 6.66. The summed E-state index contributed by atoms with van der Waals surface area (Å²) in [6.45, 7) is 2.34. The highest BCUT2D eigenvalue weighted by Crippen LogP contribution is 2.43. The van der Waals surface area contributed by atoms with Gasteiger partial charge in [0.2, 0.25) is 0 Å². The van der Waals surface area contributed by atoms with E-state index in [0.29, 0.717) is 0 Å². The third kappa shape index (κ3) is 2.60. The van der Waals surface area contributed by atoms with Gasteiger partial charge < -0.3 is 10.6 Å². The van der Waals surface area contributed by atoms with E-state index in [1.165, 1.54) is 12.8 Å². The smallest absolute Gasteiger partial charge is 0.0709 e. The summed E-state index contributed by atoms with van der Waals surface area (Å²) < 4.78 is 2.92. The van der Waals surface area contributed by atoms with Gasteiger partial charge >= 0.3 is 0 Å². The first kappa shape index (κ1) is 15.0. The number of hydrogen-bond acceptors (Lipinski definition) is 3. The molecule has 4 nitrogen and oxygen atoms in total. The van der Waals surface area contributed by atoms with Crippen molar-refractivity contribution in [1.29, 1.82) is 0 Å². The Bertz CT molecular complexity index is 413. The molecule has 1 aliphatic rings. The van der Waals surface area contributed by atoms with Gasteiger partial charge in [0.25, 0.3) is 0 Å². The van der Waals surface area contributed by atoms with Crippen molar-refractivity contribution in [2.75, 3.05) is 14.1 Å². The average Bonchev–Trinajstić information content (AvgIpc) is 2.69. The largest absolute Gasteiger partial charge is 0.321 e. The lowest BCUT2D eigenvalue weighted by Crippen LogP contribution is -2.54. The van der Waals surface area contributed by atoms with Crippen LogP contribution in [-0.4, -0.2) is 34.3 Å². The van der Waals surface area contributed by atoms with Crippen LogP contribution in [0.15, 0.2) is 10.7 Å². The second-order valence-electron chi connectivity index (χ2n) is 6.16. The Morgan fingerprint density at radius 1 is 1.47 bits per heavy atom. The Morgan fingerprint density at radius 3 is 2.47 bits per heavy atom. The molecule has 0 aliphatic heterocycles. The molecule has 19 heavy (non-hydrogen) atoms. The zero-order chi connectivity index (χ0) is 14.2. The van der Waals surface area contributed by atoms with Crippen LogP contribution in [-0.2, 0) is 7.05 Å². The monoisotopic (exact) mass is 328 g/mol. The predicted octanol–water partition coefficient (Wildman–Crippen LogP) is 2.69. The minimum Gasteiger partial charge on any atom is -0.321 e. The number of likely N-dealkylation sites (N-methyl/N-ethyl adjacent to an activating group) is 1. The molecule has 2 rings (SSSR count). The van der Waals surface area contributed by atoms with Crippen LogP contribution in [0.2, 0.25) is 0 Å². The first-order chi connectivity index (χ1) is 8.88. The SMILES string of the molecule is CC1CCC(C(N)c2c(Br)cnn2C)(N(C)C)CC1. The number of rotatable bonds is 3. The van der Waals surface area contributed by atoms with Crippen LogP contribution in [0.3, 0.4) is 0 Å². The summed E-state index contributed by atoms with van der Waals surface area (Å²) >= 11 is 3.59. The van der Waals surface area contributed by atoms with E-state index in [0.717, 1.165) is 28.9 Å². The first-order valence-electron chi connectivity index (χ1n) is 6.99. The molecule has 1 aromatic heterocycles. The fourth-order valence-corrected chi connectivity index (χ4v) is 3.92. The lowest BCUT2D eigenvalue weighted by Gasteiger charge is -2.48. The molecule has 0 amide bonds. The van der Waals surface area contributed by atoms with E-state index in [9.17, 15) is 0 Å². The Balaban J connectivity index is 2.35. The summed E-state index contributed by atoms with van der Waals surface area (Å²) in [4.78, 5) is 2.32. The maximum absolute atomic E-state index is 6.66. The van der Waals surface area contributed by atoms with Crippen LogP contribution >= 0.6 is 15.9 Å². The Labute approximate surface area is 124 Å². The predicted molar refractivity (Wildman–Crippen MR) is 81.9 cm³/mol. The Morgan fingerprint density at radius 2 is 2.05 bits per heavy atom. The molecular formula is C14H25BrN4. The zero-order valence-electron chi connectivity index (χ0n) is 12.4. The fraction of sp³-hybridized carbons (Fsp3) is 0.786. The summed E-state index contributed by atoms with van der Waals surface area (Å²) in [6.07, 6.45) is 6.65. The molecule has 1 unspecified atom stereocenters. The van der Waals surface area contributed by atoms with Crippen molar-refractivity contribution in [3.05, 3.63) is 16.4 Å². The molecule has 0 saturated heterocycles. The molecule has 0 aromatic carbocycles. The lowest BCUT2D eigenvalue weighted by atomic mass is 9.71. The van der Waals surface area contributed by atoms with Gasteiger partial charge in [0.05, 0.1) is 22.4 Å². The van der Waals surface area contributed by atoms with E-state index in [2.05, 4.69) is 46.9 Å². The van der Waals surface area contributed by atoms with Crippen molar-refractivity contribution >= 4 is 15.9 Å². The van der Waals surface area contributed by atoms with E-state index in [1.54, 1.807) is 0 Å². The Hall–Kier alpha value is -0.390. The molecule has 1 saturated carbocycles. The van der Waals surface area contributed by atoms with Crippen LogP contribution in [0.1, 0.15) is 44.3 Å². The van der Waals surface area contributed by atoms with Gasteiger partial charge in [-0.2, -0.15) is 5.10 Å². The minimum atomic E-state index is -0.0168. The highest BCUT2D eigenvalue weighted by molar-refractivity contribution is 9.10. The number of nitrogens with zero attached hydrogens (tertiary/aromatic N) is 3. The van der Waals surface area contributed by atoms with Crippen LogP contribution in [0.4, 0.5) is 0 Å². The summed E-state index contributed by atoms with van der Waals surface area (Å²) in [5.74, 6) is 0.815. The molecular weight excluding hydrogens is 304 g/mol. The van der Waals surface area contributed by atoms with Crippen molar-refractivity contribution in [3.63, 3.8) is 0 Å². The first-order valence-corrected chi connectivity index (χ1v) is 7.78. The number of aryl methyl sites for hydroxylation is 1. The summed E-state index contributed by atoms with van der Waals surface area (Å²) in [5.41, 5.74) is 7.81. The highest BCUT2D eigenvalue weighted by Gasteiger charge is 2.43. The standard InChI is InChI=1S/C14H25BrN4/c1-10-5-7-14(8-6-10,18(2)3)13(16)12-11(15)9-17-19(12)4/h9-10,13H,5-8,16H2,1-4H3. The molecule has 5 heteroatoms. The molecule has 1 heterocycles. The molecule has 0 radical (unpaired) electrons.